The van der Waals surface area contributed by atoms with E-state index in [1.54, 1.807) is 0 Å². The number of rotatable bonds is 3. The van der Waals surface area contributed by atoms with Gasteiger partial charge in [0.05, 0.1) is 18.0 Å². The monoisotopic (exact) mass is 274 g/mol. The van der Waals surface area contributed by atoms with Crippen LogP contribution in [0.2, 0.25) is 5.02 Å². The minimum atomic E-state index is -0.693. The van der Waals surface area contributed by atoms with E-state index in [0.29, 0.717) is 25.7 Å². The summed E-state index contributed by atoms with van der Waals surface area (Å²) < 4.78 is 24.5. The quantitative estimate of drug-likeness (QED) is 0.831. The van der Waals surface area contributed by atoms with Crippen molar-refractivity contribution in [2.24, 2.45) is 5.92 Å². The van der Waals surface area contributed by atoms with E-state index < -0.39 is 5.82 Å². The van der Waals surface area contributed by atoms with Gasteiger partial charge in [0.15, 0.2) is 11.6 Å². The Hall–Kier alpha value is -1.20. The maximum atomic E-state index is 13.8. The van der Waals surface area contributed by atoms with Crippen LogP contribution in [-0.4, -0.2) is 19.8 Å². The molecule has 2 rings (SSSR count). The molecule has 0 aromatic heterocycles. The van der Waals surface area contributed by atoms with Crippen molar-refractivity contribution < 1.29 is 13.9 Å². The average molecular weight is 275 g/mol. The van der Waals surface area contributed by atoms with Gasteiger partial charge in [0, 0.05) is 13.2 Å². The summed E-state index contributed by atoms with van der Waals surface area (Å²) in [6, 6.07) is 1.41. The molecular weight excluding hydrogens is 259 g/mol. The fraction of sp³-hybridized carbons (Fsp3) is 0.500. The topological polar surface area (TPSA) is 70.5 Å². The third-order valence-electron chi connectivity index (χ3n) is 3.02. The molecule has 1 saturated heterocycles. The van der Waals surface area contributed by atoms with E-state index in [9.17, 15) is 4.39 Å². The Kier molecular flexibility index (Phi) is 4.14. The van der Waals surface area contributed by atoms with Crippen molar-refractivity contribution in [2.75, 3.05) is 31.3 Å². The third kappa shape index (κ3) is 2.79. The first-order chi connectivity index (χ1) is 8.59. The van der Waals surface area contributed by atoms with E-state index in [1.807, 2.05) is 0 Å². The van der Waals surface area contributed by atoms with Crippen LogP contribution in [0.25, 0.3) is 0 Å². The van der Waals surface area contributed by atoms with Crippen LogP contribution in [0, 0.1) is 11.7 Å². The minimum Gasteiger partial charge on any atom is -0.488 e. The summed E-state index contributed by atoms with van der Waals surface area (Å²) in [6.07, 6.45) is 1.81. The predicted molar refractivity (Wildman–Crippen MR) is 69.3 cm³/mol. The number of anilines is 2. The lowest BCUT2D eigenvalue weighted by Crippen LogP contribution is -2.22. The zero-order valence-corrected chi connectivity index (χ0v) is 10.7. The molecule has 0 aliphatic carbocycles. The van der Waals surface area contributed by atoms with Crippen LogP contribution >= 0.6 is 11.6 Å². The average Bonchev–Trinajstić information content (AvgIpc) is 2.37. The van der Waals surface area contributed by atoms with Gasteiger partial charge >= 0.3 is 0 Å². The van der Waals surface area contributed by atoms with Gasteiger partial charge < -0.3 is 20.9 Å². The summed E-state index contributed by atoms with van der Waals surface area (Å²) in [5.41, 5.74) is 11.5. The molecule has 100 valence electrons. The second kappa shape index (κ2) is 5.63. The number of ether oxygens (including phenoxy) is 2. The number of hydrogen-bond acceptors (Lipinski definition) is 4. The molecule has 0 unspecified atom stereocenters. The number of hydrogen-bond donors (Lipinski definition) is 2. The molecule has 0 bridgehead atoms. The minimum absolute atomic E-state index is 0.0132. The molecule has 6 heteroatoms. The zero-order valence-electron chi connectivity index (χ0n) is 9.92. The molecule has 4 nitrogen and oxygen atoms in total. The third-order valence-corrected chi connectivity index (χ3v) is 3.41. The summed E-state index contributed by atoms with van der Waals surface area (Å²) in [6.45, 7) is 1.84. The van der Waals surface area contributed by atoms with E-state index in [-0.39, 0.29) is 22.1 Å². The smallest absolute Gasteiger partial charge is 0.187 e. The van der Waals surface area contributed by atoms with Gasteiger partial charge in [-0.15, -0.1) is 0 Å². The first-order valence-electron chi connectivity index (χ1n) is 5.83. The van der Waals surface area contributed by atoms with E-state index in [4.69, 9.17) is 32.5 Å². The van der Waals surface area contributed by atoms with E-state index in [0.717, 1.165) is 12.8 Å². The lowest BCUT2D eigenvalue weighted by atomic mass is 10.0. The summed E-state index contributed by atoms with van der Waals surface area (Å²) in [4.78, 5) is 0. The van der Waals surface area contributed by atoms with Crippen molar-refractivity contribution in [3.05, 3.63) is 16.9 Å². The van der Waals surface area contributed by atoms with Crippen LogP contribution in [0.15, 0.2) is 6.07 Å². The second-order valence-corrected chi connectivity index (χ2v) is 4.76. The Bertz CT molecular complexity index is 437. The Morgan fingerprint density at radius 2 is 2.00 bits per heavy atom. The number of halogens is 2. The van der Waals surface area contributed by atoms with Crippen molar-refractivity contribution in [2.45, 2.75) is 12.8 Å². The van der Waals surface area contributed by atoms with Gasteiger partial charge in [0.2, 0.25) is 0 Å². The van der Waals surface area contributed by atoms with Crippen LogP contribution in [0.3, 0.4) is 0 Å². The number of nitrogen functional groups attached to an aromatic ring is 2. The molecule has 1 fully saturated rings. The van der Waals surface area contributed by atoms with Crippen LogP contribution in [0.4, 0.5) is 15.8 Å². The lowest BCUT2D eigenvalue weighted by molar-refractivity contribution is 0.0493. The van der Waals surface area contributed by atoms with Crippen molar-refractivity contribution in [1.82, 2.24) is 0 Å². The largest absolute Gasteiger partial charge is 0.488 e. The van der Waals surface area contributed by atoms with Crippen molar-refractivity contribution in [1.29, 1.82) is 0 Å². The Morgan fingerprint density at radius 1 is 1.33 bits per heavy atom. The highest BCUT2D eigenvalue weighted by molar-refractivity contribution is 6.33. The number of nitrogens with two attached hydrogens (primary N) is 2. The van der Waals surface area contributed by atoms with Gasteiger partial charge in [-0.1, -0.05) is 11.6 Å². The standard InChI is InChI=1S/C12H16ClFN2O2/c13-10-8(15)5-9(16)12(11(10)14)18-6-7-1-3-17-4-2-7/h5,7H,1-4,6,15-16H2. The SMILES string of the molecule is Nc1cc(N)c(OCC2CCOCC2)c(F)c1Cl. The molecule has 1 aromatic rings. The van der Waals surface area contributed by atoms with Gasteiger partial charge in [0.1, 0.15) is 5.02 Å². The summed E-state index contributed by atoms with van der Waals surface area (Å²) in [5.74, 6) is -0.351. The molecule has 0 amide bonds. The fourth-order valence-electron chi connectivity index (χ4n) is 1.91. The highest BCUT2D eigenvalue weighted by Crippen LogP contribution is 2.35. The van der Waals surface area contributed by atoms with Crippen LogP contribution in [0.1, 0.15) is 12.8 Å². The summed E-state index contributed by atoms with van der Waals surface area (Å²) in [5, 5.41) is -0.147. The molecule has 0 radical (unpaired) electrons. The van der Waals surface area contributed by atoms with E-state index >= 15 is 0 Å². The molecule has 0 atom stereocenters. The van der Waals surface area contributed by atoms with E-state index in [1.165, 1.54) is 6.07 Å². The molecule has 1 aliphatic heterocycles. The lowest BCUT2D eigenvalue weighted by Gasteiger charge is -2.22. The molecule has 18 heavy (non-hydrogen) atoms. The Labute approximate surface area is 110 Å². The summed E-state index contributed by atoms with van der Waals surface area (Å²) >= 11 is 5.72. The molecular formula is C12H16ClFN2O2. The highest BCUT2D eigenvalue weighted by atomic mass is 35.5. The summed E-state index contributed by atoms with van der Waals surface area (Å²) in [7, 11) is 0. The van der Waals surface area contributed by atoms with Crippen LogP contribution in [0.5, 0.6) is 5.75 Å². The predicted octanol–water partition coefficient (Wildman–Crippen LogP) is 2.45. The molecule has 1 aromatic carbocycles. The van der Waals surface area contributed by atoms with Gasteiger partial charge in [-0.05, 0) is 24.8 Å². The first-order valence-corrected chi connectivity index (χ1v) is 6.21. The van der Waals surface area contributed by atoms with Crippen LogP contribution in [-0.2, 0) is 4.74 Å². The first kappa shape index (κ1) is 13.2. The normalized spacial score (nSPS) is 16.8. The van der Waals surface area contributed by atoms with Crippen LogP contribution < -0.4 is 16.2 Å². The van der Waals surface area contributed by atoms with Gasteiger partial charge in [0.25, 0.3) is 0 Å². The van der Waals surface area contributed by atoms with Crippen molar-refractivity contribution in [3.63, 3.8) is 0 Å². The molecule has 1 aliphatic rings. The Balaban J connectivity index is 2.06. The number of benzene rings is 1. The Morgan fingerprint density at radius 3 is 2.67 bits per heavy atom. The fourth-order valence-corrected chi connectivity index (χ4v) is 2.05. The zero-order chi connectivity index (χ0) is 13.1. The molecule has 4 N–H and O–H groups in total. The highest BCUT2D eigenvalue weighted by Gasteiger charge is 2.19. The van der Waals surface area contributed by atoms with E-state index in [2.05, 4.69) is 0 Å². The van der Waals surface area contributed by atoms with Crippen molar-refractivity contribution >= 4 is 23.0 Å². The molecule has 0 saturated carbocycles. The van der Waals surface area contributed by atoms with Gasteiger partial charge in [-0.25, -0.2) is 4.39 Å². The maximum Gasteiger partial charge on any atom is 0.187 e. The van der Waals surface area contributed by atoms with Gasteiger partial charge in [-0.3, -0.25) is 0 Å². The second-order valence-electron chi connectivity index (χ2n) is 4.38. The van der Waals surface area contributed by atoms with Gasteiger partial charge in [-0.2, -0.15) is 0 Å². The molecule has 1 heterocycles. The van der Waals surface area contributed by atoms with Crippen molar-refractivity contribution in [3.8, 4) is 5.75 Å². The maximum absolute atomic E-state index is 13.8. The molecule has 0 spiro atoms.